The van der Waals surface area contributed by atoms with Crippen LogP contribution in [0.3, 0.4) is 0 Å². The molecule has 0 fully saturated rings. The molecule has 0 bridgehead atoms. The Balaban J connectivity index is 2.93. The van der Waals surface area contributed by atoms with Gasteiger partial charge < -0.3 is 5.73 Å². The summed E-state index contributed by atoms with van der Waals surface area (Å²) in [6.45, 7) is 7.44. The molecule has 0 aromatic rings. The van der Waals surface area contributed by atoms with Gasteiger partial charge in [-0.1, -0.05) is 57.6 Å². The van der Waals surface area contributed by atoms with Gasteiger partial charge in [0, 0.05) is 5.70 Å². The van der Waals surface area contributed by atoms with E-state index in [4.69, 9.17) is 5.73 Å². The van der Waals surface area contributed by atoms with Gasteiger partial charge >= 0.3 is 0 Å². The molecule has 0 aromatic heterocycles. The molecular weight excluding hydrogens is 194 g/mol. The van der Waals surface area contributed by atoms with Crippen LogP contribution >= 0.6 is 0 Å². The minimum absolute atomic E-state index is 0.835. The van der Waals surface area contributed by atoms with E-state index in [0.29, 0.717) is 0 Å². The molecular formula is C15H29N. The lowest BCUT2D eigenvalue weighted by molar-refractivity contribution is 0.559. The van der Waals surface area contributed by atoms with Gasteiger partial charge in [0.2, 0.25) is 0 Å². The van der Waals surface area contributed by atoms with Gasteiger partial charge in [-0.3, -0.25) is 0 Å². The second-order valence-electron chi connectivity index (χ2n) is 4.67. The van der Waals surface area contributed by atoms with E-state index in [1.165, 1.54) is 64.2 Å². The van der Waals surface area contributed by atoms with Crippen LogP contribution in [-0.4, -0.2) is 0 Å². The fourth-order valence-corrected chi connectivity index (χ4v) is 1.88. The summed E-state index contributed by atoms with van der Waals surface area (Å²) in [5.41, 5.74) is 6.35. The summed E-state index contributed by atoms with van der Waals surface area (Å²) < 4.78 is 0. The predicted octanol–water partition coefficient (Wildman–Crippen LogP) is 4.94. The Kier molecular flexibility index (Phi) is 11.8. The van der Waals surface area contributed by atoms with Crippen molar-refractivity contribution in [3.63, 3.8) is 0 Å². The molecule has 0 saturated carbocycles. The van der Waals surface area contributed by atoms with Crippen LogP contribution in [0.1, 0.15) is 70.6 Å². The van der Waals surface area contributed by atoms with Crippen LogP contribution in [0.4, 0.5) is 0 Å². The summed E-state index contributed by atoms with van der Waals surface area (Å²) in [6, 6.07) is 0. The lowest BCUT2D eigenvalue weighted by Crippen LogP contribution is -1.93. The quantitative estimate of drug-likeness (QED) is 0.368. The maximum Gasteiger partial charge on any atom is 0.000744 e. The maximum atomic E-state index is 5.51. The Morgan fingerprint density at radius 3 is 1.69 bits per heavy atom. The zero-order valence-corrected chi connectivity index (χ0v) is 10.8. The molecule has 0 aliphatic heterocycles. The molecule has 0 unspecified atom stereocenters. The first kappa shape index (κ1) is 15.3. The minimum Gasteiger partial charge on any atom is -0.403 e. The van der Waals surface area contributed by atoms with Crippen molar-refractivity contribution < 1.29 is 0 Å². The van der Waals surface area contributed by atoms with Crippen molar-refractivity contribution in [3.05, 3.63) is 24.9 Å². The van der Waals surface area contributed by atoms with Crippen molar-refractivity contribution in [2.24, 2.45) is 5.73 Å². The molecule has 0 spiro atoms. The van der Waals surface area contributed by atoms with E-state index in [9.17, 15) is 0 Å². The minimum atomic E-state index is 0.835. The van der Waals surface area contributed by atoms with Gasteiger partial charge in [0.05, 0.1) is 0 Å². The second kappa shape index (κ2) is 12.4. The summed E-state index contributed by atoms with van der Waals surface area (Å²) in [6.07, 6.45) is 16.4. The third-order valence-corrected chi connectivity index (χ3v) is 2.91. The van der Waals surface area contributed by atoms with Gasteiger partial charge in [0.1, 0.15) is 0 Å². The SMILES string of the molecule is C=CCCCCCCCCCCCC(=C)N. The van der Waals surface area contributed by atoms with Crippen LogP contribution in [0.25, 0.3) is 0 Å². The summed E-state index contributed by atoms with van der Waals surface area (Å²) in [5, 5.41) is 0. The molecule has 2 N–H and O–H groups in total. The third-order valence-electron chi connectivity index (χ3n) is 2.91. The number of hydrogen-bond donors (Lipinski definition) is 1. The molecule has 1 heteroatoms. The fourth-order valence-electron chi connectivity index (χ4n) is 1.88. The Bertz CT molecular complexity index is 172. The van der Waals surface area contributed by atoms with Crippen LogP contribution in [-0.2, 0) is 0 Å². The third kappa shape index (κ3) is 13.3. The van der Waals surface area contributed by atoms with Crippen LogP contribution in [0, 0.1) is 0 Å². The average Bonchev–Trinajstić information content (AvgIpc) is 2.25. The molecule has 0 rings (SSSR count). The first-order valence-corrected chi connectivity index (χ1v) is 6.81. The Morgan fingerprint density at radius 2 is 1.25 bits per heavy atom. The topological polar surface area (TPSA) is 26.0 Å². The first-order chi connectivity index (χ1) is 7.77. The summed E-state index contributed by atoms with van der Waals surface area (Å²) >= 11 is 0. The zero-order chi connectivity index (χ0) is 12.1. The molecule has 0 aliphatic carbocycles. The highest BCUT2D eigenvalue weighted by molar-refractivity contribution is 4.84. The van der Waals surface area contributed by atoms with E-state index >= 15 is 0 Å². The molecule has 16 heavy (non-hydrogen) atoms. The summed E-state index contributed by atoms with van der Waals surface area (Å²) in [4.78, 5) is 0. The smallest absolute Gasteiger partial charge is 0.000744 e. The van der Waals surface area contributed by atoms with Crippen molar-refractivity contribution in [2.45, 2.75) is 70.6 Å². The Hall–Kier alpha value is -0.720. The molecule has 0 atom stereocenters. The zero-order valence-electron chi connectivity index (χ0n) is 10.8. The van der Waals surface area contributed by atoms with E-state index in [1.54, 1.807) is 0 Å². The van der Waals surface area contributed by atoms with E-state index < -0.39 is 0 Å². The van der Waals surface area contributed by atoms with Crippen molar-refractivity contribution in [3.8, 4) is 0 Å². The van der Waals surface area contributed by atoms with Crippen LogP contribution in [0.15, 0.2) is 24.9 Å². The molecule has 0 saturated heterocycles. The van der Waals surface area contributed by atoms with Gasteiger partial charge in [-0.25, -0.2) is 0 Å². The van der Waals surface area contributed by atoms with Gasteiger partial charge in [-0.05, 0) is 25.7 Å². The van der Waals surface area contributed by atoms with Gasteiger partial charge in [0.15, 0.2) is 0 Å². The molecule has 0 aliphatic rings. The van der Waals surface area contributed by atoms with Crippen molar-refractivity contribution in [1.29, 1.82) is 0 Å². The van der Waals surface area contributed by atoms with Gasteiger partial charge in [-0.2, -0.15) is 0 Å². The van der Waals surface area contributed by atoms with Crippen molar-refractivity contribution >= 4 is 0 Å². The molecule has 0 radical (unpaired) electrons. The van der Waals surface area contributed by atoms with Crippen LogP contribution in [0.5, 0.6) is 0 Å². The number of hydrogen-bond acceptors (Lipinski definition) is 1. The molecule has 0 amide bonds. The number of nitrogens with two attached hydrogens (primary N) is 1. The van der Waals surface area contributed by atoms with E-state index in [2.05, 4.69) is 13.2 Å². The van der Waals surface area contributed by atoms with E-state index in [0.717, 1.165) is 12.1 Å². The largest absolute Gasteiger partial charge is 0.403 e. The van der Waals surface area contributed by atoms with Crippen molar-refractivity contribution in [1.82, 2.24) is 0 Å². The molecule has 0 aromatic carbocycles. The van der Waals surface area contributed by atoms with Crippen LogP contribution < -0.4 is 5.73 Å². The van der Waals surface area contributed by atoms with E-state index in [-0.39, 0.29) is 0 Å². The molecule has 1 nitrogen and oxygen atoms in total. The van der Waals surface area contributed by atoms with E-state index in [1.807, 2.05) is 6.08 Å². The van der Waals surface area contributed by atoms with Crippen molar-refractivity contribution in [2.75, 3.05) is 0 Å². The molecule has 0 heterocycles. The first-order valence-electron chi connectivity index (χ1n) is 6.81. The number of unbranched alkanes of at least 4 members (excludes halogenated alkanes) is 9. The highest BCUT2D eigenvalue weighted by Gasteiger charge is 1.93. The highest BCUT2D eigenvalue weighted by atomic mass is 14.5. The number of rotatable bonds is 12. The van der Waals surface area contributed by atoms with Gasteiger partial charge in [-0.15, -0.1) is 6.58 Å². The summed E-state index contributed by atoms with van der Waals surface area (Å²) in [7, 11) is 0. The second-order valence-corrected chi connectivity index (χ2v) is 4.67. The molecule has 94 valence electrons. The van der Waals surface area contributed by atoms with Crippen LogP contribution in [0.2, 0.25) is 0 Å². The average molecular weight is 223 g/mol. The monoisotopic (exact) mass is 223 g/mol. The van der Waals surface area contributed by atoms with Gasteiger partial charge in [0.25, 0.3) is 0 Å². The lowest BCUT2D eigenvalue weighted by Gasteiger charge is -2.02. The fraction of sp³-hybridized carbons (Fsp3) is 0.733. The normalized spacial score (nSPS) is 10.2. The standard InChI is InChI=1S/C15H29N/c1-3-4-5-6-7-8-9-10-11-12-13-14-15(2)16/h3H,1-2,4-14,16H2. The summed E-state index contributed by atoms with van der Waals surface area (Å²) in [5.74, 6) is 0. The lowest BCUT2D eigenvalue weighted by atomic mass is 10.1. The number of allylic oxidation sites excluding steroid dienone is 2. The Morgan fingerprint density at radius 1 is 0.812 bits per heavy atom. The highest BCUT2D eigenvalue weighted by Crippen LogP contribution is 2.11. The maximum absolute atomic E-state index is 5.51. The predicted molar refractivity (Wildman–Crippen MR) is 74.3 cm³/mol. The Labute approximate surface area is 102 Å².